The van der Waals surface area contributed by atoms with Gasteiger partial charge >= 0.3 is 0 Å². The summed E-state index contributed by atoms with van der Waals surface area (Å²) in [5.74, 6) is 1.66. The molecule has 0 saturated heterocycles. The van der Waals surface area contributed by atoms with Crippen molar-refractivity contribution in [2.75, 3.05) is 13.7 Å². The Bertz CT molecular complexity index is 307. The van der Waals surface area contributed by atoms with Crippen LogP contribution in [0.15, 0.2) is 16.8 Å². The van der Waals surface area contributed by atoms with Gasteiger partial charge in [0, 0.05) is 5.92 Å². The Balaban J connectivity index is 2.35. The van der Waals surface area contributed by atoms with Crippen molar-refractivity contribution in [3.05, 3.63) is 11.8 Å². The minimum Gasteiger partial charge on any atom is -0.495 e. The Kier molecular flexibility index (Phi) is 9.44. The molecule has 1 aliphatic heterocycles. The topological polar surface area (TPSA) is 21.6 Å². The molecular weight excluding hydrogens is 246 g/mol. The van der Waals surface area contributed by atoms with Crippen LogP contribution in [0.3, 0.4) is 0 Å². The van der Waals surface area contributed by atoms with Crippen molar-refractivity contribution in [2.45, 2.75) is 78.1 Å². The fourth-order valence-corrected chi connectivity index (χ4v) is 2.97. The number of methoxy groups -OCH3 is 1. The number of hydrogen-bond donors (Lipinski definition) is 0. The molecule has 0 spiro atoms. The first-order valence-corrected chi connectivity index (χ1v) is 8.62. The standard InChI is InChI=1S/C18H33NO/c1-4-6-8-9-10-11-13-16(12-7-5-2)18-17(20-3)14-15-19-18/h14,16H,4-13,15H2,1-3H3. The third-order valence-electron chi connectivity index (χ3n) is 4.21. The highest BCUT2D eigenvalue weighted by Crippen LogP contribution is 2.25. The van der Waals surface area contributed by atoms with Crippen LogP contribution in [0.2, 0.25) is 0 Å². The molecule has 2 heteroatoms. The van der Waals surface area contributed by atoms with Crippen LogP contribution in [0, 0.1) is 5.92 Å². The highest BCUT2D eigenvalue weighted by atomic mass is 16.5. The van der Waals surface area contributed by atoms with E-state index in [0.717, 1.165) is 12.3 Å². The summed E-state index contributed by atoms with van der Waals surface area (Å²) in [7, 11) is 1.77. The number of hydrogen-bond acceptors (Lipinski definition) is 2. The van der Waals surface area contributed by atoms with Crippen molar-refractivity contribution in [2.24, 2.45) is 10.9 Å². The second-order valence-corrected chi connectivity index (χ2v) is 5.89. The fraction of sp³-hybridized carbons (Fsp3) is 0.833. The molecule has 1 rings (SSSR count). The Labute approximate surface area is 125 Å². The van der Waals surface area contributed by atoms with Crippen LogP contribution in [0.25, 0.3) is 0 Å². The molecule has 0 fully saturated rings. The molecule has 0 bridgehead atoms. The zero-order valence-electron chi connectivity index (χ0n) is 13.8. The molecule has 1 heterocycles. The molecule has 0 aromatic carbocycles. The minimum atomic E-state index is 0.620. The van der Waals surface area contributed by atoms with Gasteiger partial charge in [-0.25, -0.2) is 0 Å². The van der Waals surface area contributed by atoms with Crippen molar-refractivity contribution in [1.29, 1.82) is 0 Å². The quantitative estimate of drug-likeness (QED) is 0.430. The first-order valence-electron chi connectivity index (χ1n) is 8.62. The average molecular weight is 279 g/mol. The van der Waals surface area contributed by atoms with Crippen molar-refractivity contribution in [3.8, 4) is 0 Å². The first-order chi connectivity index (χ1) is 9.83. The van der Waals surface area contributed by atoms with Gasteiger partial charge in [-0.2, -0.15) is 0 Å². The highest BCUT2D eigenvalue weighted by molar-refractivity contribution is 6.01. The molecule has 0 aliphatic carbocycles. The van der Waals surface area contributed by atoms with E-state index in [4.69, 9.17) is 4.74 Å². The lowest BCUT2D eigenvalue weighted by molar-refractivity contribution is 0.310. The zero-order valence-corrected chi connectivity index (χ0v) is 13.8. The summed E-state index contributed by atoms with van der Waals surface area (Å²) < 4.78 is 5.47. The molecule has 1 unspecified atom stereocenters. The van der Waals surface area contributed by atoms with Gasteiger partial charge in [0.05, 0.1) is 19.4 Å². The van der Waals surface area contributed by atoms with Gasteiger partial charge in [-0.1, -0.05) is 65.2 Å². The fourth-order valence-electron chi connectivity index (χ4n) is 2.97. The van der Waals surface area contributed by atoms with Crippen LogP contribution in [0.1, 0.15) is 78.1 Å². The molecule has 0 aromatic heterocycles. The van der Waals surface area contributed by atoms with Gasteiger partial charge in [-0.3, -0.25) is 4.99 Å². The Morgan fingerprint density at radius 1 is 1.00 bits per heavy atom. The van der Waals surface area contributed by atoms with Gasteiger partial charge in [-0.15, -0.1) is 0 Å². The Hall–Kier alpha value is -0.790. The molecule has 2 nitrogen and oxygen atoms in total. The first kappa shape index (κ1) is 17.3. The van der Waals surface area contributed by atoms with E-state index in [1.54, 1.807) is 7.11 Å². The number of ether oxygens (including phenoxy) is 1. The predicted molar refractivity (Wildman–Crippen MR) is 88.4 cm³/mol. The van der Waals surface area contributed by atoms with Crippen molar-refractivity contribution < 1.29 is 4.74 Å². The number of allylic oxidation sites excluding steroid dienone is 1. The summed E-state index contributed by atoms with van der Waals surface area (Å²) >= 11 is 0. The summed E-state index contributed by atoms with van der Waals surface area (Å²) in [6.07, 6.45) is 15.5. The van der Waals surface area contributed by atoms with E-state index >= 15 is 0 Å². The second kappa shape index (κ2) is 10.9. The maximum absolute atomic E-state index is 5.47. The van der Waals surface area contributed by atoms with Gasteiger partial charge in [0.1, 0.15) is 5.76 Å². The Morgan fingerprint density at radius 3 is 2.35 bits per heavy atom. The van der Waals surface area contributed by atoms with Crippen LogP contribution in [-0.2, 0) is 4.74 Å². The maximum Gasteiger partial charge on any atom is 0.138 e. The maximum atomic E-state index is 5.47. The molecule has 0 amide bonds. The summed E-state index contributed by atoms with van der Waals surface area (Å²) in [5.41, 5.74) is 1.24. The SMILES string of the molecule is CCCCCCCCC(CCCC)C1=NCC=C1OC. The molecule has 0 aromatic rings. The van der Waals surface area contributed by atoms with Gasteiger partial charge in [0.15, 0.2) is 0 Å². The van der Waals surface area contributed by atoms with E-state index in [-0.39, 0.29) is 0 Å². The Morgan fingerprint density at radius 2 is 1.65 bits per heavy atom. The smallest absolute Gasteiger partial charge is 0.138 e. The molecule has 0 radical (unpaired) electrons. The van der Waals surface area contributed by atoms with Crippen LogP contribution in [0.4, 0.5) is 0 Å². The second-order valence-electron chi connectivity index (χ2n) is 5.89. The molecule has 20 heavy (non-hydrogen) atoms. The van der Waals surface area contributed by atoms with Crippen molar-refractivity contribution >= 4 is 5.71 Å². The van der Waals surface area contributed by atoms with E-state index in [1.807, 2.05) is 0 Å². The lowest BCUT2D eigenvalue weighted by atomic mass is 9.90. The van der Waals surface area contributed by atoms with Gasteiger partial charge in [0.25, 0.3) is 0 Å². The molecule has 1 atom stereocenters. The molecule has 0 N–H and O–H groups in total. The van der Waals surface area contributed by atoms with E-state index in [9.17, 15) is 0 Å². The minimum absolute atomic E-state index is 0.620. The number of rotatable bonds is 12. The largest absolute Gasteiger partial charge is 0.495 e. The van der Waals surface area contributed by atoms with E-state index in [0.29, 0.717) is 5.92 Å². The predicted octanol–water partition coefficient (Wildman–Crippen LogP) is 5.53. The zero-order chi connectivity index (χ0) is 14.6. The van der Waals surface area contributed by atoms with Crippen LogP contribution < -0.4 is 0 Å². The lowest BCUT2D eigenvalue weighted by Crippen LogP contribution is -2.16. The van der Waals surface area contributed by atoms with Crippen LogP contribution in [0.5, 0.6) is 0 Å². The number of nitrogens with zero attached hydrogens (tertiary/aromatic N) is 1. The summed E-state index contributed by atoms with van der Waals surface area (Å²) in [6.45, 7) is 5.36. The lowest BCUT2D eigenvalue weighted by Gasteiger charge is -2.18. The van der Waals surface area contributed by atoms with Gasteiger partial charge in [-0.05, 0) is 18.9 Å². The molecule has 116 valence electrons. The molecule has 0 saturated carbocycles. The summed E-state index contributed by atoms with van der Waals surface area (Å²) in [4.78, 5) is 4.67. The van der Waals surface area contributed by atoms with E-state index < -0.39 is 0 Å². The van der Waals surface area contributed by atoms with E-state index in [1.165, 1.54) is 69.9 Å². The highest BCUT2D eigenvalue weighted by Gasteiger charge is 2.22. The van der Waals surface area contributed by atoms with Crippen molar-refractivity contribution in [1.82, 2.24) is 0 Å². The van der Waals surface area contributed by atoms with Crippen LogP contribution in [-0.4, -0.2) is 19.4 Å². The normalized spacial score (nSPS) is 15.9. The summed E-state index contributed by atoms with van der Waals surface area (Å²) in [5, 5.41) is 0. The number of unbranched alkanes of at least 4 members (excludes halogenated alkanes) is 6. The van der Waals surface area contributed by atoms with Gasteiger partial charge < -0.3 is 4.74 Å². The summed E-state index contributed by atoms with van der Waals surface area (Å²) in [6, 6.07) is 0. The molecular formula is C18H33NO. The van der Waals surface area contributed by atoms with Crippen LogP contribution >= 0.6 is 0 Å². The molecule has 1 aliphatic rings. The average Bonchev–Trinajstić information content (AvgIpc) is 2.94. The van der Waals surface area contributed by atoms with E-state index in [2.05, 4.69) is 24.9 Å². The third kappa shape index (κ3) is 6.11. The van der Waals surface area contributed by atoms with Crippen molar-refractivity contribution in [3.63, 3.8) is 0 Å². The monoisotopic (exact) mass is 279 g/mol. The third-order valence-corrected chi connectivity index (χ3v) is 4.21. The van der Waals surface area contributed by atoms with Gasteiger partial charge in [0.2, 0.25) is 0 Å². The number of aliphatic imine (C=N–C) groups is 1.